The Morgan fingerprint density at radius 3 is 2.62 bits per heavy atom. The number of primary amides is 1. The van der Waals surface area contributed by atoms with E-state index in [2.05, 4.69) is 10.6 Å². The molecule has 0 aliphatic carbocycles. The van der Waals surface area contributed by atoms with Crippen molar-refractivity contribution in [3.05, 3.63) is 29.6 Å². The molecule has 1 aromatic rings. The number of nitrogens with one attached hydrogen (secondary N) is 2. The van der Waals surface area contributed by atoms with Crippen LogP contribution in [0.25, 0.3) is 0 Å². The van der Waals surface area contributed by atoms with Crippen molar-refractivity contribution in [2.75, 3.05) is 32.1 Å². The van der Waals surface area contributed by atoms with E-state index in [1.807, 2.05) is 0 Å². The smallest absolute Gasteiger partial charge is 0.355 e. The van der Waals surface area contributed by atoms with Crippen LogP contribution < -0.4 is 16.4 Å². The van der Waals surface area contributed by atoms with Gasteiger partial charge < -0.3 is 21.1 Å². The first kappa shape index (κ1) is 19.7. The van der Waals surface area contributed by atoms with E-state index in [4.69, 9.17) is 10.5 Å². The van der Waals surface area contributed by atoms with Crippen LogP contribution >= 0.6 is 0 Å². The second-order valence-electron chi connectivity index (χ2n) is 5.45. The molecule has 1 fully saturated rings. The van der Waals surface area contributed by atoms with Crippen molar-refractivity contribution in [2.24, 2.45) is 5.73 Å². The number of amides is 3. The number of morpholine rings is 1. The molecule has 0 radical (unpaired) electrons. The number of likely N-dealkylation sites (N-methyl/N-ethyl adjacent to an activating group) is 1. The summed E-state index contributed by atoms with van der Waals surface area (Å²) in [6.07, 6.45) is 0. The molecular weight excluding hydrogens is 357 g/mol. The van der Waals surface area contributed by atoms with Gasteiger partial charge >= 0.3 is 6.05 Å². The van der Waals surface area contributed by atoms with E-state index in [-0.39, 0.29) is 13.2 Å². The summed E-state index contributed by atoms with van der Waals surface area (Å²) in [5.74, 6) is -4.01. The predicted molar refractivity (Wildman–Crippen MR) is 83.5 cm³/mol. The zero-order valence-electron chi connectivity index (χ0n) is 13.7. The van der Waals surface area contributed by atoms with E-state index in [0.717, 1.165) is 12.1 Å². The van der Waals surface area contributed by atoms with Gasteiger partial charge in [-0.15, -0.1) is 0 Å². The van der Waals surface area contributed by atoms with Crippen LogP contribution in [0.2, 0.25) is 0 Å². The highest BCUT2D eigenvalue weighted by atomic mass is 19.3. The maximum Gasteiger partial charge on any atom is 0.355 e. The van der Waals surface area contributed by atoms with E-state index in [1.54, 1.807) is 0 Å². The average Bonchev–Trinajstić information content (AvgIpc) is 2.57. The minimum atomic E-state index is -3.75. The highest BCUT2D eigenvalue weighted by Crippen LogP contribution is 2.34. The van der Waals surface area contributed by atoms with E-state index < -0.39 is 53.5 Å². The zero-order valence-corrected chi connectivity index (χ0v) is 13.7. The summed E-state index contributed by atoms with van der Waals surface area (Å²) in [6, 6.07) is -2.86. The Morgan fingerprint density at radius 1 is 1.38 bits per heavy atom. The summed E-state index contributed by atoms with van der Waals surface area (Å²) in [7, 11) is 1.30. The molecule has 11 heteroatoms. The second-order valence-corrected chi connectivity index (χ2v) is 5.45. The van der Waals surface area contributed by atoms with Gasteiger partial charge in [0.15, 0.2) is 6.04 Å². The molecule has 8 nitrogen and oxygen atoms in total. The lowest BCUT2D eigenvalue weighted by molar-refractivity contribution is -0.195. The topological polar surface area (TPSA) is 114 Å². The van der Waals surface area contributed by atoms with Gasteiger partial charge in [-0.05, 0) is 25.2 Å². The maximum absolute atomic E-state index is 14.5. The predicted octanol–water partition coefficient (Wildman–Crippen LogP) is -0.254. The second kappa shape index (κ2) is 7.70. The van der Waals surface area contributed by atoms with Gasteiger partial charge in [0.2, 0.25) is 5.91 Å². The highest BCUT2D eigenvalue weighted by Gasteiger charge is 2.43. The van der Waals surface area contributed by atoms with Gasteiger partial charge in [-0.1, -0.05) is 0 Å². The molecule has 1 aliphatic rings. The number of halogens is 3. The van der Waals surface area contributed by atoms with Gasteiger partial charge in [0.05, 0.1) is 18.8 Å². The van der Waals surface area contributed by atoms with Crippen molar-refractivity contribution in [2.45, 2.75) is 12.1 Å². The summed E-state index contributed by atoms with van der Waals surface area (Å²) in [5.41, 5.74) is 3.84. The molecule has 0 unspecified atom stereocenters. The van der Waals surface area contributed by atoms with Crippen LogP contribution in [0.3, 0.4) is 0 Å². The molecule has 4 N–H and O–H groups in total. The first-order chi connectivity index (χ1) is 12.2. The number of carbonyl (C=O) groups excluding carboxylic acids is 3. The molecule has 1 aromatic carbocycles. The SMILES string of the molecule is CN[C@@H](C(N)=O)C(=O)Nc1ccc(C(F)(F)N2CCOCC2=O)cc1F. The molecule has 1 atom stereocenters. The fourth-order valence-corrected chi connectivity index (χ4v) is 2.38. The van der Waals surface area contributed by atoms with Gasteiger partial charge in [-0.3, -0.25) is 19.3 Å². The largest absolute Gasteiger partial charge is 0.370 e. The van der Waals surface area contributed by atoms with E-state index in [1.165, 1.54) is 7.05 Å². The summed E-state index contributed by atoms with van der Waals surface area (Å²) in [4.78, 5) is 34.9. The van der Waals surface area contributed by atoms with Crippen LogP contribution in [0.15, 0.2) is 18.2 Å². The number of hydrogen-bond acceptors (Lipinski definition) is 5. The van der Waals surface area contributed by atoms with Crippen LogP contribution in [0.5, 0.6) is 0 Å². The molecule has 1 heterocycles. The maximum atomic E-state index is 14.5. The summed E-state index contributed by atoms with van der Waals surface area (Å²) in [6.45, 7) is -0.879. The van der Waals surface area contributed by atoms with Crippen LogP contribution in [0.4, 0.5) is 18.9 Å². The standard InChI is InChI=1S/C15H17F3N4O4/c1-20-12(13(19)24)14(25)21-10-3-2-8(6-9(10)16)15(17,18)22-4-5-26-7-11(22)23/h2-3,6,12,20H,4-5,7H2,1H3,(H2,19,24)(H,21,25)/t12-/m0/s1. The third-order valence-corrected chi connectivity index (χ3v) is 3.73. The number of alkyl halides is 2. The molecule has 1 aliphatic heterocycles. The van der Waals surface area contributed by atoms with Crippen molar-refractivity contribution in [1.82, 2.24) is 10.2 Å². The number of nitrogens with zero attached hydrogens (tertiary/aromatic N) is 1. The molecule has 3 amide bonds. The Morgan fingerprint density at radius 2 is 2.08 bits per heavy atom. The number of ether oxygens (including phenoxy) is 1. The van der Waals surface area contributed by atoms with Crippen LogP contribution in [0.1, 0.15) is 5.56 Å². The van der Waals surface area contributed by atoms with Gasteiger partial charge in [0, 0.05) is 5.56 Å². The molecule has 26 heavy (non-hydrogen) atoms. The number of rotatable bonds is 6. The number of anilines is 1. The molecule has 1 saturated heterocycles. The molecule has 0 saturated carbocycles. The summed E-state index contributed by atoms with van der Waals surface area (Å²) in [5, 5.41) is 4.43. The molecule has 0 aromatic heterocycles. The highest BCUT2D eigenvalue weighted by molar-refractivity contribution is 6.09. The fraction of sp³-hybridized carbons (Fsp3) is 0.400. The van der Waals surface area contributed by atoms with E-state index in [9.17, 15) is 27.6 Å². The molecule has 142 valence electrons. The van der Waals surface area contributed by atoms with Crippen molar-refractivity contribution in [3.8, 4) is 0 Å². The Bertz CT molecular complexity index is 729. The lowest BCUT2D eigenvalue weighted by Gasteiger charge is -2.34. The summed E-state index contributed by atoms with van der Waals surface area (Å²) < 4.78 is 47.9. The number of carbonyl (C=O) groups is 3. The van der Waals surface area contributed by atoms with Gasteiger partial charge in [0.25, 0.3) is 11.8 Å². The Balaban J connectivity index is 2.22. The Labute approximate surface area is 146 Å². The third-order valence-electron chi connectivity index (χ3n) is 3.73. The first-order valence-electron chi connectivity index (χ1n) is 7.52. The minimum absolute atomic E-state index is 0.0591. The van der Waals surface area contributed by atoms with Gasteiger partial charge in [-0.25, -0.2) is 4.39 Å². The number of nitrogens with two attached hydrogens (primary N) is 1. The molecule has 2 rings (SSSR count). The normalized spacial score (nSPS) is 16.3. The van der Waals surface area contributed by atoms with E-state index >= 15 is 0 Å². The van der Waals surface area contributed by atoms with Crippen molar-refractivity contribution in [3.63, 3.8) is 0 Å². The lowest BCUT2D eigenvalue weighted by Crippen LogP contribution is -2.50. The third kappa shape index (κ3) is 3.94. The molecular formula is C15H17F3N4O4. The lowest BCUT2D eigenvalue weighted by atomic mass is 10.1. The van der Waals surface area contributed by atoms with Gasteiger partial charge in [-0.2, -0.15) is 8.78 Å². The quantitative estimate of drug-likeness (QED) is 0.469. The fourth-order valence-electron chi connectivity index (χ4n) is 2.38. The molecule has 0 spiro atoms. The number of benzene rings is 1. The van der Waals surface area contributed by atoms with E-state index in [0.29, 0.717) is 11.0 Å². The van der Waals surface area contributed by atoms with Crippen molar-refractivity contribution < 1.29 is 32.3 Å². The van der Waals surface area contributed by atoms with Crippen molar-refractivity contribution >= 4 is 23.4 Å². The Hall–Kier alpha value is -2.66. The Kier molecular flexibility index (Phi) is 5.83. The molecule has 0 bridgehead atoms. The zero-order chi connectivity index (χ0) is 19.5. The monoisotopic (exact) mass is 374 g/mol. The number of hydrogen-bond donors (Lipinski definition) is 3. The van der Waals surface area contributed by atoms with Gasteiger partial charge in [0.1, 0.15) is 12.4 Å². The van der Waals surface area contributed by atoms with Crippen molar-refractivity contribution in [1.29, 1.82) is 0 Å². The average molecular weight is 374 g/mol. The van der Waals surface area contributed by atoms with Crippen LogP contribution in [-0.2, 0) is 25.2 Å². The first-order valence-corrected chi connectivity index (χ1v) is 7.52. The minimum Gasteiger partial charge on any atom is -0.370 e. The van der Waals surface area contributed by atoms with Crippen LogP contribution in [-0.4, -0.2) is 55.5 Å². The summed E-state index contributed by atoms with van der Waals surface area (Å²) >= 11 is 0. The van der Waals surface area contributed by atoms with Crippen LogP contribution in [0, 0.1) is 5.82 Å².